The third-order valence-corrected chi connectivity index (χ3v) is 4.34. The molecule has 0 aliphatic heterocycles. The van der Waals surface area contributed by atoms with Gasteiger partial charge in [0.05, 0.1) is 16.8 Å². The number of nitrogens with one attached hydrogen (secondary N) is 1. The minimum atomic E-state index is -0.0775. The van der Waals surface area contributed by atoms with Crippen LogP contribution in [-0.4, -0.2) is 41.3 Å². The number of rotatable bonds is 6. The van der Waals surface area contributed by atoms with Crippen LogP contribution >= 0.6 is 11.6 Å². The van der Waals surface area contributed by atoms with E-state index in [-0.39, 0.29) is 5.78 Å². The Morgan fingerprint density at radius 1 is 1.15 bits per heavy atom. The van der Waals surface area contributed by atoms with Crippen molar-refractivity contribution in [3.8, 4) is 0 Å². The lowest BCUT2D eigenvalue weighted by atomic mass is 10.1. The highest BCUT2D eigenvalue weighted by molar-refractivity contribution is 6.30. The SMILES string of the molecule is CC(=O)c1cnc2ccc(Cl)nc2c1Nc1ccc(CCN(C)C)cc1. The van der Waals surface area contributed by atoms with Crippen LogP contribution in [0.15, 0.2) is 42.6 Å². The van der Waals surface area contributed by atoms with E-state index in [2.05, 4.69) is 46.4 Å². The summed E-state index contributed by atoms with van der Waals surface area (Å²) >= 11 is 6.05. The van der Waals surface area contributed by atoms with Crippen molar-refractivity contribution < 1.29 is 4.79 Å². The molecule has 3 aromatic rings. The van der Waals surface area contributed by atoms with Crippen molar-refractivity contribution in [3.63, 3.8) is 0 Å². The molecule has 0 amide bonds. The van der Waals surface area contributed by atoms with Crippen molar-refractivity contribution in [2.24, 2.45) is 0 Å². The maximum absolute atomic E-state index is 12.0. The smallest absolute Gasteiger partial charge is 0.163 e. The second kappa shape index (κ2) is 7.81. The molecule has 0 unspecified atom stereocenters. The number of likely N-dealkylation sites (N-methyl/N-ethyl adjacent to an activating group) is 1. The van der Waals surface area contributed by atoms with Gasteiger partial charge in [-0.1, -0.05) is 23.7 Å². The second-order valence-electron chi connectivity index (χ2n) is 6.48. The molecule has 1 aromatic carbocycles. The predicted molar refractivity (Wildman–Crippen MR) is 107 cm³/mol. The largest absolute Gasteiger partial charge is 0.353 e. The number of nitrogens with zero attached hydrogens (tertiary/aromatic N) is 3. The summed E-state index contributed by atoms with van der Waals surface area (Å²) in [5.74, 6) is -0.0775. The average molecular weight is 369 g/mol. The summed E-state index contributed by atoms with van der Waals surface area (Å²) in [6, 6.07) is 11.7. The molecule has 0 radical (unpaired) electrons. The van der Waals surface area contributed by atoms with Gasteiger partial charge in [-0.15, -0.1) is 0 Å². The fourth-order valence-corrected chi connectivity index (χ4v) is 2.84. The monoisotopic (exact) mass is 368 g/mol. The number of aromatic nitrogens is 2. The Morgan fingerprint density at radius 3 is 2.54 bits per heavy atom. The molecule has 0 aliphatic rings. The van der Waals surface area contributed by atoms with E-state index in [1.165, 1.54) is 12.5 Å². The van der Waals surface area contributed by atoms with E-state index in [9.17, 15) is 4.79 Å². The van der Waals surface area contributed by atoms with Crippen LogP contribution in [0.1, 0.15) is 22.8 Å². The van der Waals surface area contributed by atoms with Gasteiger partial charge in [-0.3, -0.25) is 9.78 Å². The van der Waals surface area contributed by atoms with Crippen molar-refractivity contribution in [2.75, 3.05) is 26.0 Å². The highest BCUT2D eigenvalue weighted by atomic mass is 35.5. The Hall–Kier alpha value is -2.50. The van der Waals surface area contributed by atoms with Crippen LogP contribution < -0.4 is 5.32 Å². The number of ketones is 1. The van der Waals surface area contributed by atoms with Gasteiger partial charge >= 0.3 is 0 Å². The van der Waals surface area contributed by atoms with Crippen LogP contribution in [0.4, 0.5) is 11.4 Å². The summed E-state index contributed by atoms with van der Waals surface area (Å²) in [5.41, 5.74) is 4.54. The zero-order valence-corrected chi connectivity index (χ0v) is 15.8. The fraction of sp³-hybridized carbons (Fsp3) is 0.250. The molecule has 0 atom stereocenters. The van der Waals surface area contributed by atoms with Gasteiger partial charge in [0.15, 0.2) is 5.78 Å². The first kappa shape index (κ1) is 18.3. The molecule has 0 fully saturated rings. The molecule has 0 bridgehead atoms. The number of carbonyl (C=O) groups is 1. The van der Waals surface area contributed by atoms with Gasteiger partial charge in [-0.2, -0.15) is 0 Å². The lowest BCUT2D eigenvalue weighted by molar-refractivity contribution is 0.101. The van der Waals surface area contributed by atoms with Crippen molar-refractivity contribution in [1.29, 1.82) is 0 Å². The second-order valence-corrected chi connectivity index (χ2v) is 6.87. The van der Waals surface area contributed by atoms with E-state index >= 15 is 0 Å². The van der Waals surface area contributed by atoms with E-state index in [1.54, 1.807) is 18.3 Å². The van der Waals surface area contributed by atoms with E-state index in [0.717, 1.165) is 18.7 Å². The summed E-state index contributed by atoms with van der Waals surface area (Å²) < 4.78 is 0. The Balaban J connectivity index is 1.95. The summed E-state index contributed by atoms with van der Waals surface area (Å²) in [7, 11) is 4.12. The van der Waals surface area contributed by atoms with Gasteiger partial charge in [-0.25, -0.2) is 4.98 Å². The number of anilines is 2. The van der Waals surface area contributed by atoms with Gasteiger partial charge < -0.3 is 10.2 Å². The minimum Gasteiger partial charge on any atom is -0.353 e. The van der Waals surface area contributed by atoms with Crippen molar-refractivity contribution in [2.45, 2.75) is 13.3 Å². The molecule has 3 rings (SSSR count). The number of carbonyl (C=O) groups excluding carboxylic acids is 1. The van der Waals surface area contributed by atoms with Gasteiger partial charge in [0.1, 0.15) is 10.7 Å². The van der Waals surface area contributed by atoms with E-state index in [1.807, 2.05) is 12.1 Å². The molecular weight excluding hydrogens is 348 g/mol. The van der Waals surface area contributed by atoms with Crippen LogP contribution in [-0.2, 0) is 6.42 Å². The quantitative estimate of drug-likeness (QED) is 0.518. The molecule has 2 heterocycles. The first-order valence-corrected chi connectivity index (χ1v) is 8.79. The zero-order valence-electron chi connectivity index (χ0n) is 15.1. The van der Waals surface area contributed by atoms with Crippen LogP contribution in [0, 0.1) is 0 Å². The van der Waals surface area contributed by atoms with Crippen LogP contribution in [0.3, 0.4) is 0 Å². The number of benzene rings is 1. The molecule has 6 heteroatoms. The lowest BCUT2D eigenvalue weighted by Crippen LogP contribution is -2.14. The Bertz CT molecular complexity index is 938. The molecule has 5 nitrogen and oxygen atoms in total. The molecule has 134 valence electrons. The lowest BCUT2D eigenvalue weighted by Gasteiger charge is -2.14. The number of halogens is 1. The number of fused-ring (bicyclic) bond motifs is 1. The van der Waals surface area contributed by atoms with E-state index in [4.69, 9.17) is 11.6 Å². The molecule has 1 N–H and O–H groups in total. The minimum absolute atomic E-state index is 0.0775. The molecule has 26 heavy (non-hydrogen) atoms. The molecule has 2 aromatic heterocycles. The van der Waals surface area contributed by atoms with Crippen LogP contribution in [0.5, 0.6) is 0 Å². The van der Waals surface area contributed by atoms with Gasteiger partial charge in [0.2, 0.25) is 0 Å². The van der Waals surface area contributed by atoms with Crippen LogP contribution in [0.2, 0.25) is 5.15 Å². The summed E-state index contributed by atoms with van der Waals surface area (Å²) in [6.07, 6.45) is 2.56. The van der Waals surface area contributed by atoms with Crippen molar-refractivity contribution in [3.05, 3.63) is 58.9 Å². The molecule has 0 aliphatic carbocycles. The summed E-state index contributed by atoms with van der Waals surface area (Å²) in [4.78, 5) is 22.9. The molecule has 0 saturated heterocycles. The van der Waals surface area contributed by atoms with E-state index in [0.29, 0.717) is 27.4 Å². The number of hydrogen-bond donors (Lipinski definition) is 1. The summed E-state index contributed by atoms with van der Waals surface area (Å²) in [5, 5.41) is 3.69. The predicted octanol–water partition coefficient (Wildman–Crippen LogP) is 4.33. The standard InChI is InChI=1S/C20H21ClN4O/c1-13(26)16-12-22-17-8-9-18(21)24-20(17)19(16)23-15-6-4-14(5-7-15)10-11-25(2)3/h4-9,12H,10-11H2,1-3H3,(H,22,23). The Morgan fingerprint density at radius 2 is 1.88 bits per heavy atom. The first-order valence-electron chi connectivity index (χ1n) is 8.41. The van der Waals surface area contributed by atoms with Gasteiger partial charge in [0, 0.05) is 18.4 Å². The van der Waals surface area contributed by atoms with Gasteiger partial charge in [-0.05, 0) is 57.3 Å². The highest BCUT2D eigenvalue weighted by Crippen LogP contribution is 2.29. The van der Waals surface area contributed by atoms with Crippen molar-refractivity contribution >= 4 is 39.8 Å². The first-order chi connectivity index (χ1) is 12.4. The third-order valence-electron chi connectivity index (χ3n) is 4.13. The molecular formula is C20H21ClN4O. The topological polar surface area (TPSA) is 58.1 Å². The zero-order chi connectivity index (χ0) is 18.7. The number of Topliss-reactive ketones (excluding diaryl/α,β-unsaturated/α-hetero) is 1. The van der Waals surface area contributed by atoms with Gasteiger partial charge in [0.25, 0.3) is 0 Å². The molecule has 0 spiro atoms. The molecule has 0 saturated carbocycles. The fourth-order valence-electron chi connectivity index (χ4n) is 2.69. The number of hydrogen-bond acceptors (Lipinski definition) is 5. The Kier molecular flexibility index (Phi) is 5.49. The van der Waals surface area contributed by atoms with Crippen molar-refractivity contribution in [1.82, 2.24) is 14.9 Å². The third kappa shape index (κ3) is 4.18. The highest BCUT2D eigenvalue weighted by Gasteiger charge is 2.14. The average Bonchev–Trinajstić information content (AvgIpc) is 2.61. The van der Waals surface area contributed by atoms with Crippen LogP contribution in [0.25, 0.3) is 11.0 Å². The maximum atomic E-state index is 12.0. The maximum Gasteiger partial charge on any atom is 0.163 e. The Labute approximate surface area is 158 Å². The van der Waals surface area contributed by atoms with E-state index < -0.39 is 0 Å². The summed E-state index contributed by atoms with van der Waals surface area (Å²) in [6.45, 7) is 2.52. The normalized spacial score (nSPS) is 11.1. The number of pyridine rings is 2.